The summed E-state index contributed by atoms with van der Waals surface area (Å²) in [5.74, 6) is 1.13. The van der Waals surface area contributed by atoms with Gasteiger partial charge in [-0.25, -0.2) is 9.78 Å². The second kappa shape index (κ2) is 7.86. The number of amides is 2. The van der Waals surface area contributed by atoms with Crippen LogP contribution in [-0.2, 0) is 4.74 Å². The highest BCUT2D eigenvalue weighted by atomic mass is 32.1. The van der Waals surface area contributed by atoms with Crippen LogP contribution in [0.15, 0.2) is 12.1 Å². The molecule has 0 spiro atoms. The largest absolute Gasteiger partial charge is 0.494 e. The van der Waals surface area contributed by atoms with Gasteiger partial charge in [0, 0.05) is 26.2 Å². The topological polar surface area (TPSA) is 87.2 Å². The summed E-state index contributed by atoms with van der Waals surface area (Å²) in [5, 5.41) is 14.2. The molecule has 5 rings (SSSR count). The van der Waals surface area contributed by atoms with Gasteiger partial charge in [0.05, 0.1) is 36.3 Å². The fraction of sp³-hybridized carbons (Fsp3) is 0.619. The van der Waals surface area contributed by atoms with Gasteiger partial charge >= 0.3 is 6.03 Å². The number of morpholine rings is 1. The molecule has 0 bridgehead atoms. The molecule has 0 unspecified atom stereocenters. The summed E-state index contributed by atoms with van der Waals surface area (Å²) in [6.07, 6.45) is 3.53. The van der Waals surface area contributed by atoms with Crippen LogP contribution in [0.4, 0.5) is 15.6 Å². The minimum absolute atomic E-state index is 0.154. The molecule has 1 aromatic carbocycles. The predicted octanol–water partition coefficient (Wildman–Crippen LogP) is 2.91. The molecule has 162 valence electrons. The van der Waals surface area contributed by atoms with E-state index in [1.807, 2.05) is 6.07 Å². The number of likely N-dealkylation sites (tertiary alicyclic amines) is 1. The molecule has 1 aromatic heterocycles. The molecule has 2 aliphatic heterocycles. The Labute approximate surface area is 179 Å². The number of benzene rings is 1. The highest BCUT2D eigenvalue weighted by Gasteiger charge is 2.45. The number of carbonyl (C=O) groups is 1. The summed E-state index contributed by atoms with van der Waals surface area (Å²) in [6, 6.07) is 3.83. The number of aromatic nitrogens is 1. The van der Waals surface area contributed by atoms with Crippen LogP contribution in [0.1, 0.15) is 25.7 Å². The van der Waals surface area contributed by atoms with E-state index in [0.717, 1.165) is 41.8 Å². The van der Waals surface area contributed by atoms with E-state index < -0.39 is 5.60 Å². The number of methoxy groups -OCH3 is 1. The summed E-state index contributed by atoms with van der Waals surface area (Å²) in [6.45, 7) is 4.23. The molecule has 1 saturated carbocycles. The zero-order chi connectivity index (χ0) is 20.7. The van der Waals surface area contributed by atoms with Crippen LogP contribution in [0.25, 0.3) is 10.2 Å². The molecule has 2 N–H and O–H groups in total. The third-order valence-electron chi connectivity index (χ3n) is 6.53. The second-order valence-electron chi connectivity index (χ2n) is 8.38. The average molecular weight is 433 g/mol. The standard InChI is InChI=1S/C21H28N4O4S/c1-28-16-5-4-15(24-10-12-29-13-11-24)18-17(16)22-19(30-18)23-20(26)25-8-6-21(27,7-9-25)14-2-3-14/h4-5,14,27H,2-3,6-13H2,1H3,(H,22,23,26). The minimum Gasteiger partial charge on any atom is -0.494 e. The van der Waals surface area contributed by atoms with Gasteiger partial charge in [-0.15, -0.1) is 0 Å². The van der Waals surface area contributed by atoms with Crippen LogP contribution >= 0.6 is 11.3 Å². The first kappa shape index (κ1) is 19.8. The highest BCUT2D eigenvalue weighted by molar-refractivity contribution is 7.23. The zero-order valence-electron chi connectivity index (χ0n) is 17.2. The van der Waals surface area contributed by atoms with Crippen LogP contribution in [0.5, 0.6) is 5.75 Å². The van der Waals surface area contributed by atoms with Crippen molar-refractivity contribution in [2.75, 3.05) is 56.7 Å². The number of hydrogen-bond donors (Lipinski definition) is 2. The molecule has 2 amide bonds. The highest BCUT2D eigenvalue weighted by Crippen LogP contribution is 2.45. The number of carbonyl (C=O) groups excluding carboxylic acids is 1. The van der Waals surface area contributed by atoms with Crippen LogP contribution in [0.2, 0.25) is 0 Å². The second-order valence-corrected chi connectivity index (χ2v) is 9.38. The lowest BCUT2D eigenvalue weighted by Crippen LogP contribution is -2.49. The van der Waals surface area contributed by atoms with Gasteiger partial charge in [-0.1, -0.05) is 11.3 Å². The van der Waals surface area contributed by atoms with E-state index in [0.29, 0.717) is 55.9 Å². The van der Waals surface area contributed by atoms with Gasteiger partial charge in [-0.2, -0.15) is 0 Å². The van der Waals surface area contributed by atoms with Gasteiger partial charge in [-0.3, -0.25) is 5.32 Å². The number of ether oxygens (including phenoxy) is 2. The number of piperidine rings is 1. The van der Waals surface area contributed by atoms with E-state index in [1.165, 1.54) is 11.3 Å². The molecule has 2 saturated heterocycles. The number of rotatable bonds is 4. The third-order valence-corrected chi connectivity index (χ3v) is 7.52. The SMILES string of the molecule is COc1ccc(N2CCOCC2)c2sc(NC(=O)N3CCC(O)(C4CC4)CC3)nc12. The Morgan fingerprint density at radius 2 is 2.00 bits per heavy atom. The quantitative estimate of drug-likeness (QED) is 0.773. The first-order valence-electron chi connectivity index (χ1n) is 10.7. The molecular formula is C21H28N4O4S. The van der Waals surface area contributed by atoms with Crippen molar-refractivity contribution in [2.24, 2.45) is 5.92 Å². The molecule has 0 radical (unpaired) electrons. The maximum Gasteiger partial charge on any atom is 0.323 e. The van der Waals surface area contributed by atoms with Gasteiger partial charge in [0.15, 0.2) is 5.13 Å². The predicted molar refractivity (Wildman–Crippen MR) is 117 cm³/mol. The van der Waals surface area contributed by atoms with E-state index >= 15 is 0 Å². The number of aliphatic hydroxyl groups is 1. The summed E-state index contributed by atoms with van der Waals surface area (Å²) in [7, 11) is 1.63. The molecule has 9 heteroatoms. The summed E-state index contributed by atoms with van der Waals surface area (Å²) >= 11 is 1.47. The van der Waals surface area contributed by atoms with E-state index in [9.17, 15) is 9.90 Å². The Kier molecular flexibility index (Phi) is 5.20. The van der Waals surface area contributed by atoms with Crippen molar-refractivity contribution < 1.29 is 19.4 Å². The normalized spacial score (nSPS) is 21.7. The van der Waals surface area contributed by atoms with Crippen molar-refractivity contribution in [1.29, 1.82) is 0 Å². The Hall–Kier alpha value is -2.10. The van der Waals surface area contributed by atoms with E-state index in [4.69, 9.17) is 9.47 Å². The Balaban J connectivity index is 1.33. The molecule has 3 fully saturated rings. The molecule has 0 atom stereocenters. The monoisotopic (exact) mass is 432 g/mol. The average Bonchev–Trinajstić information content (AvgIpc) is 3.55. The van der Waals surface area contributed by atoms with Crippen molar-refractivity contribution >= 4 is 38.4 Å². The van der Waals surface area contributed by atoms with Crippen molar-refractivity contribution in [3.05, 3.63) is 12.1 Å². The Morgan fingerprint density at radius 1 is 1.27 bits per heavy atom. The first-order chi connectivity index (χ1) is 14.6. The molecule has 1 aliphatic carbocycles. The number of anilines is 2. The van der Waals surface area contributed by atoms with E-state index in [-0.39, 0.29) is 6.03 Å². The number of nitrogens with zero attached hydrogens (tertiary/aromatic N) is 3. The maximum atomic E-state index is 12.8. The van der Waals surface area contributed by atoms with Gasteiger partial charge in [0.25, 0.3) is 0 Å². The van der Waals surface area contributed by atoms with Gasteiger partial charge in [0.2, 0.25) is 0 Å². The number of thiazole rings is 1. The number of fused-ring (bicyclic) bond motifs is 1. The van der Waals surface area contributed by atoms with Gasteiger partial charge in [-0.05, 0) is 43.7 Å². The summed E-state index contributed by atoms with van der Waals surface area (Å²) in [4.78, 5) is 21.6. The molecule has 3 heterocycles. The van der Waals surface area contributed by atoms with Crippen molar-refractivity contribution in [3.8, 4) is 5.75 Å². The maximum absolute atomic E-state index is 12.8. The molecule has 8 nitrogen and oxygen atoms in total. The molecule has 2 aromatic rings. The number of nitrogens with one attached hydrogen (secondary N) is 1. The fourth-order valence-corrected chi connectivity index (χ4v) is 5.55. The molecular weight excluding hydrogens is 404 g/mol. The smallest absolute Gasteiger partial charge is 0.323 e. The van der Waals surface area contributed by atoms with Gasteiger partial charge < -0.3 is 24.4 Å². The van der Waals surface area contributed by atoms with Crippen molar-refractivity contribution in [1.82, 2.24) is 9.88 Å². The van der Waals surface area contributed by atoms with Gasteiger partial charge in [0.1, 0.15) is 11.3 Å². The first-order valence-corrected chi connectivity index (χ1v) is 11.5. The van der Waals surface area contributed by atoms with Crippen molar-refractivity contribution in [3.63, 3.8) is 0 Å². The summed E-state index contributed by atoms with van der Waals surface area (Å²) < 4.78 is 12.0. The van der Waals surface area contributed by atoms with E-state index in [2.05, 4.69) is 21.3 Å². The fourth-order valence-electron chi connectivity index (χ4n) is 4.54. The lowest BCUT2D eigenvalue weighted by atomic mass is 9.87. The van der Waals surface area contributed by atoms with Crippen LogP contribution < -0.4 is 15.0 Å². The van der Waals surface area contributed by atoms with Crippen molar-refractivity contribution in [2.45, 2.75) is 31.3 Å². The Bertz CT molecular complexity index is 930. The van der Waals surface area contributed by atoms with E-state index in [1.54, 1.807) is 12.0 Å². The lowest BCUT2D eigenvalue weighted by molar-refractivity contribution is -0.0297. The van der Waals surface area contributed by atoms with Crippen LogP contribution in [0, 0.1) is 5.92 Å². The zero-order valence-corrected chi connectivity index (χ0v) is 18.0. The molecule has 3 aliphatic rings. The minimum atomic E-state index is -0.576. The van der Waals surface area contributed by atoms with Crippen LogP contribution in [0.3, 0.4) is 0 Å². The number of hydrogen-bond acceptors (Lipinski definition) is 7. The third kappa shape index (κ3) is 3.70. The lowest BCUT2D eigenvalue weighted by Gasteiger charge is -2.38. The van der Waals surface area contributed by atoms with Crippen LogP contribution in [-0.4, -0.2) is 73.1 Å². The Morgan fingerprint density at radius 3 is 2.67 bits per heavy atom. The number of urea groups is 1. The molecule has 30 heavy (non-hydrogen) atoms. The summed E-state index contributed by atoms with van der Waals surface area (Å²) in [5.41, 5.74) is 1.29.